The highest BCUT2D eigenvalue weighted by atomic mass is 32.2. The van der Waals surface area contributed by atoms with Crippen LogP contribution >= 0.6 is 0 Å². The molecule has 20 heavy (non-hydrogen) atoms. The van der Waals surface area contributed by atoms with Crippen molar-refractivity contribution in [2.24, 2.45) is 5.92 Å². The molecule has 5 heteroatoms. The van der Waals surface area contributed by atoms with Gasteiger partial charge in [0.1, 0.15) is 0 Å². The standard InChI is InChI=1S/C15H28N2O2S/c18-20(19,12-14-8-3-4-10-16-14)17-11-5-7-13-6-1-2-9-15(13)17/h13-16H,1-12H2. The van der Waals surface area contributed by atoms with Gasteiger partial charge in [-0.2, -0.15) is 4.31 Å². The van der Waals surface area contributed by atoms with Gasteiger partial charge in [0.2, 0.25) is 10.0 Å². The molecule has 0 aromatic heterocycles. The molecule has 2 aliphatic heterocycles. The number of nitrogens with zero attached hydrogens (tertiary/aromatic N) is 1. The lowest BCUT2D eigenvalue weighted by atomic mass is 9.79. The lowest BCUT2D eigenvalue weighted by Crippen LogP contribution is -2.52. The third-order valence-corrected chi connectivity index (χ3v) is 7.37. The zero-order valence-electron chi connectivity index (χ0n) is 12.4. The number of nitrogens with one attached hydrogen (secondary N) is 1. The molecule has 116 valence electrons. The predicted octanol–water partition coefficient (Wildman–Crippen LogP) is 2.11. The Hall–Kier alpha value is -0.130. The van der Waals surface area contributed by atoms with E-state index < -0.39 is 10.0 Å². The highest BCUT2D eigenvalue weighted by Gasteiger charge is 2.39. The van der Waals surface area contributed by atoms with E-state index in [1.807, 2.05) is 4.31 Å². The second-order valence-electron chi connectivity index (χ2n) is 6.79. The number of piperidine rings is 2. The van der Waals surface area contributed by atoms with Gasteiger partial charge >= 0.3 is 0 Å². The van der Waals surface area contributed by atoms with Gasteiger partial charge in [0.15, 0.2) is 0 Å². The molecule has 0 aromatic rings. The molecule has 1 N–H and O–H groups in total. The second-order valence-corrected chi connectivity index (χ2v) is 8.76. The van der Waals surface area contributed by atoms with E-state index in [0.29, 0.717) is 17.7 Å². The zero-order chi connectivity index (χ0) is 14.0. The van der Waals surface area contributed by atoms with Gasteiger partial charge in [-0.05, 0) is 51.0 Å². The van der Waals surface area contributed by atoms with Crippen molar-refractivity contribution in [3.05, 3.63) is 0 Å². The van der Waals surface area contributed by atoms with Gasteiger partial charge in [0.25, 0.3) is 0 Å². The van der Waals surface area contributed by atoms with Crippen molar-refractivity contribution in [2.75, 3.05) is 18.8 Å². The van der Waals surface area contributed by atoms with E-state index in [-0.39, 0.29) is 6.04 Å². The van der Waals surface area contributed by atoms with E-state index in [1.165, 1.54) is 38.5 Å². The highest BCUT2D eigenvalue weighted by Crippen LogP contribution is 2.36. The number of rotatable bonds is 3. The molecule has 4 nitrogen and oxygen atoms in total. The Bertz CT molecular complexity index is 416. The van der Waals surface area contributed by atoms with Crippen molar-refractivity contribution < 1.29 is 8.42 Å². The molecule has 3 unspecified atom stereocenters. The Kier molecular flexibility index (Phi) is 4.68. The van der Waals surface area contributed by atoms with Crippen molar-refractivity contribution in [1.29, 1.82) is 0 Å². The van der Waals surface area contributed by atoms with Crippen LogP contribution in [0, 0.1) is 5.92 Å². The molecule has 1 aliphatic carbocycles. The molecule has 2 heterocycles. The Morgan fingerprint density at radius 2 is 1.70 bits per heavy atom. The van der Waals surface area contributed by atoms with Crippen molar-refractivity contribution in [3.63, 3.8) is 0 Å². The lowest BCUT2D eigenvalue weighted by Gasteiger charge is -2.43. The van der Waals surface area contributed by atoms with Gasteiger partial charge in [-0.1, -0.05) is 19.3 Å². The van der Waals surface area contributed by atoms with E-state index in [1.54, 1.807) is 0 Å². The summed E-state index contributed by atoms with van der Waals surface area (Å²) in [7, 11) is -3.08. The van der Waals surface area contributed by atoms with E-state index >= 15 is 0 Å². The van der Waals surface area contributed by atoms with Gasteiger partial charge in [-0.25, -0.2) is 8.42 Å². The lowest BCUT2D eigenvalue weighted by molar-refractivity contribution is 0.128. The Balaban J connectivity index is 1.68. The van der Waals surface area contributed by atoms with Gasteiger partial charge in [-0.3, -0.25) is 0 Å². The maximum absolute atomic E-state index is 12.8. The topological polar surface area (TPSA) is 49.4 Å². The molecule has 0 spiro atoms. The van der Waals surface area contributed by atoms with Crippen molar-refractivity contribution in [1.82, 2.24) is 9.62 Å². The quantitative estimate of drug-likeness (QED) is 0.868. The summed E-state index contributed by atoms with van der Waals surface area (Å²) in [5.74, 6) is 0.947. The van der Waals surface area contributed by atoms with E-state index in [4.69, 9.17) is 0 Å². The van der Waals surface area contributed by atoms with Crippen LogP contribution in [0.1, 0.15) is 57.8 Å². The molecule has 3 rings (SSSR count). The van der Waals surface area contributed by atoms with Crippen LogP contribution in [0.3, 0.4) is 0 Å². The molecular weight excluding hydrogens is 272 g/mol. The molecular formula is C15H28N2O2S. The first-order valence-electron chi connectivity index (χ1n) is 8.40. The van der Waals surface area contributed by atoms with Gasteiger partial charge in [0.05, 0.1) is 5.75 Å². The van der Waals surface area contributed by atoms with Crippen molar-refractivity contribution in [3.8, 4) is 0 Å². The number of hydrogen-bond donors (Lipinski definition) is 1. The van der Waals surface area contributed by atoms with Crippen LogP contribution in [-0.4, -0.2) is 43.6 Å². The Labute approximate surface area is 123 Å². The fraction of sp³-hybridized carbons (Fsp3) is 1.00. The van der Waals surface area contributed by atoms with E-state index in [0.717, 1.165) is 32.4 Å². The zero-order valence-corrected chi connectivity index (χ0v) is 13.2. The molecule has 3 fully saturated rings. The molecule has 0 amide bonds. The first kappa shape index (κ1) is 14.8. The maximum Gasteiger partial charge on any atom is 0.215 e. The highest BCUT2D eigenvalue weighted by molar-refractivity contribution is 7.89. The van der Waals surface area contributed by atoms with Crippen LogP contribution in [0.4, 0.5) is 0 Å². The molecule has 1 saturated carbocycles. The summed E-state index contributed by atoms with van der Waals surface area (Å²) < 4.78 is 27.5. The minimum Gasteiger partial charge on any atom is -0.313 e. The van der Waals surface area contributed by atoms with Crippen LogP contribution in [0.2, 0.25) is 0 Å². The molecule has 0 bridgehead atoms. The monoisotopic (exact) mass is 300 g/mol. The number of fused-ring (bicyclic) bond motifs is 1. The third kappa shape index (κ3) is 3.20. The van der Waals surface area contributed by atoms with Gasteiger partial charge < -0.3 is 5.32 Å². The smallest absolute Gasteiger partial charge is 0.215 e. The fourth-order valence-corrected chi connectivity index (χ4v) is 6.42. The normalized spacial score (nSPS) is 36.5. The first-order valence-corrected chi connectivity index (χ1v) is 10.0. The summed E-state index contributed by atoms with van der Waals surface area (Å²) in [5.41, 5.74) is 0. The summed E-state index contributed by atoms with van der Waals surface area (Å²) in [6, 6.07) is 0.490. The Morgan fingerprint density at radius 1 is 0.950 bits per heavy atom. The van der Waals surface area contributed by atoms with Gasteiger partial charge in [-0.15, -0.1) is 0 Å². The summed E-state index contributed by atoms with van der Waals surface area (Å²) >= 11 is 0. The third-order valence-electron chi connectivity index (χ3n) is 5.37. The SMILES string of the molecule is O=S(=O)(CC1CCCCN1)N1CCCC2CCCCC21. The largest absolute Gasteiger partial charge is 0.313 e. The number of hydrogen-bond acceptors (Lipinski definition) is 3. The predicted molar refractivity (Wildman–Crippen MR) is 81.1 cm³/mol. The van der Waals surface area contributed by atoms with Crippen LogP contribution in [-0.2, 0) is 10.0 Å². The van der Waals surface area contributed by atoms with Crippen LogP contribution in [0.5, 0.6) is 0 Å². The van der Waals surface area contributed by atoms with Crippen molar-refractivity contribution in [2.45, 2.75) is 69.9 Å². The van der Waals surface area contributed by atoms with E-state index in [2.05, 4.69) is 5.32 Å². The van der Waals surface area contributed by atoms with Crippen LogP contribution in [0.15, 0.2) is 0 Å². The molecule has 0 radical (unpaired) electrons. The van der Waals surface area contributed by atoms with Gasteiger partial charge in [0, 0.05) is 18.6 Å². The van der Waals surface area contributed by atoms with E-state index in [9.17, 15) is 8.42 Å². The summed E-state index contributed by atoms with van der Waals surface area (Å²) in [6.45, 7) is 1.74. The summed E-state index contributed by atoms with van der Waals surface area (Å²) in [4.78, 5) is 0. The second kappa shape index (κ2) is 6.32. The molecule has 0 aromatic carbocycles. The minimum absolute atomic E-state index is 0.178. The first-order chi connectivity index (χ1) is 9.67. The average Bonchev–Trinajstić information content (AvgIpc) is 2.47. The number of sulfonamides is 1. The fourth-order valence-electron chi connectivity index (χ4n) is 4.34. The summed E-state index contributed by atoms with van der Waals surface area (Å²) in [5, 5.41) is 3.38. The van der Waals surface area contributed by atoms with Crippen LogP contribution in [0.25, 0.3) is 0 Å². The molecule has 3 aliphatic rings. The molecule has 3 atom stereocenters. The maximum atomic E-state index is 12.8. The molecule has 2 saturated heterocycles. The minimum atomic E-state index is -3.08. The van der Waals surface area contributed by atoms with Crippen LogP contribution < -0.4 is 5.32 Å². The Morgan fingerprint density at radius 3 is 2.50 bits per heavy atom. The average molecular weight is 300 g/mol. The summed E-state index contributed by atoms with van der Waals surface area (Å²) in [6.07, 6.45) is 10.5. The van der Waals surface area contributed by atoms with Crippen molar-refractivity contribution >= 4 is 10.0 Å².